The van der Waals surface area contributed by atoms with E-state index >= 15 is 0 Å². The van der Waals surface area contributed by atoms with Gasteiger partial charge in [-0.3, -0.25) is 9.48 Å². The first kappa shape index (κ1) is 31.4. The van der Waals surface area contributed by atoms with E-state index in [0.717, 1.165) is 61.1 Å². The zero-order valence-electron chi connectivity index (χ0n) is 25.5. The van der Waals surface area contributed by atoms with Gasteiger partial charge in [-0.25, -0.2) is 4.79 Å². The van der Waals surface area contributed by atoms with E-state index in [1.165, 1.54) is 6.07 Å². The lowest BCUT2D eigenvalue weighted by Gasteiger charge is -2.14. The van der Waals surface area contributed by atoms with Gasteiger partial charge in [0, 0.05) is 52.5 Å². The number of carboxylic acid groups (broad SMARTS) is 1. The number of allylic oxidation sites excluding steroid dienone is 1. The molecule has 44 heavy (non-hydrogen) atoms. The van der Waals surface area contributed by atoms with Gasteiger partial charge in [0.15, 0.2) is 0 Å². The second-order valence-corrected chi connectivity index (χ2v) is 12.0. The van der Waals surface area contributed by atoms with Gasteiger partial charge in [-0.15, -0.1) is 0 Å². The van der Waals surface area contributed by atoms with Crippen LogP contribution < -0.4 is 10.1 Å². The molecule has 5 rings (SSSR count). The number of benzene rings is 3. The first-order valence-corrected chi connectivity index (χ1v) is 15.3. The Morgan fingerprint density at radius 1 is 1.02 bits per heavy atom. The van der Waals surface area contributed by atoms with Crippen molar-refractivity contribution in [3.8, 4) is 16.9 Å². The number of hydrogen-bond acceptors (Lipinski definition) is 4. The molecular formula is C35H35Cl2N3O4. The number of halogens is 2. The molecule has 0 aliphatic heterocycles. The van der Waals surface area contributed by atoms with Crippen LogP contribution in [0, 0.1) is 27.7 Å². The Balaban J connectivity index is 1.44. The zero-order chi connectivity index (χ0) is 31.7. The van der Waals surface area contributed by atoms with Crippen molar-refractivity contribution in [3.63, 3.8) is 0 Å². The third-order valence-corrected chi connectivity index (χ3v) is 9.13. The van der Waals surface area contributed by atoms with Crippen LogP contribution in [0.2, 0.25) is 10.0 Å². The van der Waals surface area contributed by atoms with E-state index in [2.05, 4.69) is 10.4 Å². The lowest BCUT2D eigenvalue weighted by molar-refractivity contribution is -0.117. The molecular weight excluding hydrogens is 597 g/mol. The SMILES string of the molecule is Cc1cc(OCCCC2=C(C(=O)NCc3cccc(C(=O)O)c3)Cc3c2ccc(Cl)c3-c2c(C)nn(C)c2C)cc(C)c1Cl. The number of carbonyl (C=O) groups is 2. The summed E-state index contributed by atoms with van der Waals surface area (Å²) in [6, 6.07) is 14.4. The number of fused-ring (bicyclic) bond motifs is 1. The monoisotopic (exact) mass is 631 g/mol. The highest BCUT2D eigenvalue weighted by Gasteiger charge is 2.31. The van der Waals surface area contributed by atoms with Crippen molar-refractivity contribution in [2.24, 2.45) is 7.05 Å². The number of nitrogens with one attached hydrogen (secondary N) is 1. The summed E-state index contributed by atoms with van der Waals surface area (Å²) in [5.74, 6) is -0.433. The summed E-state index contributed by atoms with van der Waals surface area (Å²) in [7, 11) is 1.91. The summed E-state index contributed by atoms with van der Waals surface area (Å²) in [6.07, 6.45) is 1.74. The fourth-order valence-corrected chi connectivity index (χ4v) is 6.35. The van der Waals surface area contributed by atoms with E-state index in [1.54, 1.807) is 18.2 Å². The second-order valence-electron chi connectivity index (χ2n) is 11.3. The number of hydrogen-bond donors (Lipinski definition) is 2. The number of aryl methyl sites for hydroxylation is 4. The van der Waals surface area contributed by atoms with Gasteiger partial charge >= 0.3 is 5.97 Å². The van der Waals surface area contributed by atoms with E-state index in [9.17, 15) is 14.7 Å². The van der Waals surface area contributed by atoms with Gasteiger partial charge in [0.05, 0.1) is 17.9 Å². The minimum absolute atomic E-state index is 0.178. The van der Waals surface area contributed by atoms with E-state index in [1.807, 2.05) is 63.7 Å². The normalized spacial score (nSPS) is 12.4. The Labute approximate surface area is 267 Å². The maximum Gasteiger partial charge on any atom is 0.335 e. The number of rotatable bonds is 10. The highest BCUT2D eigenvalue weighted by Crippen LogP contribution is 2.45. The molecule has 1 aromatic heterocycles. The molecule has 3 aromatic carbocycles. The molecule has 1 heterocycles. The summed E-state index contributed by atoms with van der Waals surface area (Å²) >= 11 is 13.2. The van der Waals surface area contributed by atoms with Crippen LogP contribution in [-0.2, 0) is 24.8 Å². The van der Waals surface area contributed by atoms with Crippen molar-refractivity contribution in [2.45, 2.75) is 53.5 Å². The van der Waals surface area contributed by atoms with Gasteiger partial charge in [-0.2, -0.15) is 5.10 Å². The van der Waals surface area contributed by atoms with Crippen LogP contribution in [0.3, 0.4) is 0 Å². The van der Waals surface area contributed by atoms with Crippen LogP contribution in [0.5, 0.6) is 5.75 Å². The molecule has 9 heteroatoms. The first-order valence-electron chi connectivity index (χ1n) is 14.5. The summed E-state index contributed by atoms with van der Waals surface area (Å²) in [6.45, 7) is 8.58. The molecule has 1 amide bonds. The quantitative estimate of drug-likeness (QED) is 0.174. The number of aromatic carboxylic acids is 1. The van der Waals surface area contributed by atoms with Crippen molar-refractivity contribution >= 4 is 40.7 Å². The van der Waals surface area contributed by atoms with Crippen LogP contribution in [0.1, 0.15) is 62.4 Å². The molecule has 0 saturated heterocycles. The maximum atomic E-state index is 13.8. The van der Waals surface area contributed by atoms with E-state index in [-0.39, 0.29) is 18.0 Å². The number of amides is 1. The number of nitrogens with zero attached hydrogens (tertiary/aromatic N) is 2. The van der Waals surface area contributed by atoms with E-state index in [0.29, 0.717) is 42.0 Å². The average molecular weight is 633 g/mol. The minimum atomic E-state index is -1.01. The molecule has 0 bridgehead atoms. The Bertz CT molecular complexity index is 1800. The van der Waals surface area contributed by atoms with Gasteiger partial charge in [0.1, 0.15) is 5.75 Å². The molecule has 7 nitrogen and oxygen atoms in total. The second kappa shape index (κ2) is 12.9. The molecule has 0 fully saturated rings. The lowest BCUT2D eigenvalue weighted by Crippen LogP contribution is -2.25. The highest BCUT2D eigenvalue weighted by molar-refractivity contribution is 6.34. The fraction of sp³-hybridized carbons (Fsp3) is 0.286. The lowest BCUT2D eigenvalue weighted by atomic mass is 9.93. The van der Waals surface area contributed by atoms with E-state index < -0.39 is 5.97 Å². The summed E-state index contributed by atoms with van der Waals surface area (Å²) in [5, 5.41) is 18.4. The third-order valence-electron chi connectivity index (χ3n) is 8.21. The van der Waals surface area contributed by atoms with Gasteiger partial charge in [0.2, 0.25) is 5.91 Å². The molecule has 0 atom stereocenters. The van der Waals surface area contributed by atoms with Crippen LogP contribution in [0.15, 0.2) is 54.1 Å². The smallest absolute Gasteiger partial charge is 0.335 e. The van der Waals surface area contributed by atoms with Crippen LogP contribution in [-0.4, -0.2) is 33.4 Å². The van der Waals surface area contributed by atoms with Crippen LogP contribution in [0.25, 0.3) is 16.7 Å². The predicted octanol–water partition coefficient (Wildman–Crippen LogP) is 7.81. The number of carboxylic acids is 1. The number of ether oxygens (including phenoxy) is 1. The van der Waals surface area contributed by atoms with Gasteiger partial charge in [-0.1, -0.05) is 41.4 Å². The van der Waals surface area contributed by atoms with Crippen LogP contribution >= 0.6 is 23.2 Å². The molecule has 0 unspecified atom stereocenters. The molecule has 228 valence electrons. The summed E-state index contributed by atoms with van der Waals surface area (Å²) in [5.41, 5.74) is 10.2. The number of carbonyl (C=O) groups excluding carboxylic acids is 1. The first-order chi connectivity index (χ1) is 21.0. The van der Waals surface area contributed by atoms with Gasteiger partial charge in [-0.05, 0) is 104 Å². The van der Waals surface area contributed by atoms with Crippen molar-refractivity contribution in [3.05, 3.63) is 109 Å². The molecule has 1 aliphatic carbocycles. The Morgan fingerprint density at radius 2 is 1.75 bits per heavy atom. The van der Waals surface area contributed by atoms with Gasteiger partial charge in [0.25, 0.3) is 0 Å². The van der Waals surface area contributed by atoms with Crippen molar-refractivity contribution in [1.29, 1.82) is 0 Å². The molecule has 0 spiro atoms. The largest absolute Gasteiger partial charge is 0.494 e. The topological polar surface area (TPSA) is 93.4 Å². The minimum Gasteiger partial charge on any atom is -0.494 e. The Hall–Kier alpha value is -4.07. The third kappa shape index (κ3) is 6.26. The van der Waals surface area contributed by atoms with Crippen LogP contribution in [0.4, 0.5) is 0 Å². The summed E-state index contributed by atoms with van der Waals surface area (Å²) in [4.78, 5) is 25.2. The fourth-order valence-electron chi connectivity index (χ4n) is 5.97. The number of aromatic nitrogens is 2. The van der Waals surface area contributed by atoms with Crippen molar-refractivity contribution in [2.75, 3.05) is 6.61 Å². The molecule has 1 aliphatic rings. The van der Waals surface area contributed by atoms with Crippen molar-refractivity contribution < 1.29 is 19.4 Å². The predicted molar refractivity (Wildman–Crippen MR) is 175 cm³/mol. The molecule has 0 radical (unpaired) electrons. The average Bonchev–Trinajstić information content (AvgIpc) is 3.48. The standard InChI is InChI=1S/C35H35Cl2N3O4/c1-19-14-25(15-20(2)33(19)37)44-13-7-10-26-27-11-12-30(36)32(31-21(3)39-40(5)22(31)4)28(27)17-29(26)34(41)38-18-23-8-6-9-24(16-23)35(42)43/h6,8-9,11-12,14-16H,7,10,13,17-18H2,1-5H3,(H,38,41)(H,42,43). The van der Waals surface area contributed by atoms with Gasteiger partial charge < -0.3 is 15.2 Å². The van der Waals surface area contributed by atoms with Crippen molar-refractivity contribution in [1.82, 2.24) is 15.1 Å². The molecule has 4 aromatic rings. The Kier molecular flexibility index (Phi) is 9.18. The zero-order valence-corrected chi connectivity index (χ0v) is 27.0. The molecule has 2 N–H and O–H groups in total. The Morgan fingerprint density at radius 3 is 2.41 bits per heavy atom. The summed E-state index contributed by atoms with van der Waals surface area (Å²) < 4.78 is 7.93. The maximum absolute atomic E-state index is 13.8. The molecule has 0 saturated carbocycles. The van der Waals surface area contributed by atoms with E-state index in [4.69, 9.17) is 27.9 Å². The highest BCUT2D eigenvalue weighted by atomic mass is 35.5.